The van der Waals surface area contributed by atoms with Gasteiger partial charge in [-0.25, -0.2) is 4.68 Å². The summed E-state index contributed by atoms with van der Waals surface area (Å²) in [5.41, 5.74) is 5.49. The fraction of sp³-hybridized carbons (Fsp3) is 0.320. The summed E-state index contributed by atoms with van der Waals surface area (Å²) in [5, 5.41) is 12.4. The average molecular weight is 429 g/mol. The Balaban J connectivity index is 1.43. The molecule has 3 heterocycles. The highest BCUT2D eigenvalue weighted by Crippen LogP contribution is 2.35. The van der Waals surface area contributed by atoms with E-state index in [1.807, 2.05) is 37.6 Å². The van der Waals surface area contributed by atoms with E-state index in [4.69, 9.17) is 14.8 Å². The molecule has 7 nitrogen and oxygen atoms in total. The van der Waals surface area contributed by atoms with Gasteiger partial charge in [-0.2, -0.15) is 10.1 Å². The third-order valence-electron chi connectivity index (χ3n) is 6.08. The molecule has 32 heavy (non-hydrogen) atoms. The second-order valence-electron chi connectivity index (χ2n) is 8.42. The summed E-state index contributed by atoms with van der Waals surface area (Å²) in [6.45, 7) is 3.02. The summed E-state index contributed by atoms with van der Waals surface area (Å²) in [6, 6.07) is 14.8. The zero-order valence-corrected chi connectivity index (χ0v) is 18.7. The second-order valence-corrected chi connectivity index (χ2v) is 8.42. The smallest absolute Gasteiger partial charge is 0.246 e. The third-order valence-corrected chi connectivity index (χ3v) is 6.08. The zero-order valence-electron chi connectivity index (χ0n) is 18.7. The largest absolute Gasteiger partial charge is 0.496 e. The SMILES string of the molecule is COc1cc(Nc2nc3n(n2)CCCCC3c2ccc(C)cc2)ccc1-c1cnn(C)c1. The summed E-state index contributed by atoms with van der Waals surface area (Å²) < 4.78 is 9.50. The van der Waals surface area contributed by atoms with E-state index < -0.39 is 0 Å². The van der Waals surface area contributed by atoms with Gasteiger partial charge in [-0.05, 0) is 37.5 Å². The van der Waals surface area contributed by atoms with Crippen molar-refractivity contribution >= 4 is 11.6 Å². The normalized spacial score (nSPS) is 15.8. The van der Waals surface area contributed by atoms with E-state index in [0.717, 1.165) is 47.8 Å². The topological polar surface area (TPSA) is 69.8 Å². The molecule has 4 aromatic rings. The Labute approximate surface area is 188 Å². The molecule has 1 N–H and O–H groups in total. The Morgan fingerprint density at radius 3 is 2.69 bits per heavy atom. The van der Waals surface area contributed by atoms with E-state index in [1.165, 1.54) is 17.5 Å². The van der Waals surface area contributed by atoms with Crippen LogP contribution in [0.15, 0.2) is 54.9 Å². The van der Waals surface area contributed by atoms with Crippen LogP contribution < -0.4 is 10.1 Å². The van der Waals surface area contributed by atoms with Crippen LogP contribution in [0.4, 0.5) is 11.6 Å². The van der Waals surface area contributed by atoms with Crippen molar-refractivity contribution in [3.8, 4) is 16.9 Å². The number of methoxy groups -OCH3 is 1. The lowest BCUT2D eigenvalue weighted by molar-refractivity contribution is 0.416. The molecule has 1 aliphatic heterocycles. The molecule has 1 atom stereocenters. The number of rotatable bonds is 5. The Bertz CT molecular complexity index is 1220. The fourth-order valence-corrected chi connectivity index (χ4v) is 4.38. The first kappa shape index (κ1) is 20.3. The van der Waals surface area contributed by atoms with Gasteiger partial charge in [0.2, 0.25) is 5.95 Å². The molecule has 5 rings (SSSR count). The minimum atomic E-state index is 0.267. The highest BCUT2D eigenvalue weighted by Gasteiger charge is 2.24. The summed E-state index contributed by atoms with van der Waals surface area (Å²) in [6.07, 6.45) is 7.20. The van der Waals surface area contributed by atoms with Gasteiger partial charge in [0.25, 0.3) is 0 Å². The number of aryl methyl sites for hydroxylation is 3. The molecule has 0 bridgehead atoms. The van der Waals surface area contributed by atoms with Crippen LogP contribution in [0, 0.1) is 6.92 Å². The molecule has 0 saturated carbocycles. The Kier molecular flexibility index (Phi) is 5.39. The van der Waals surface area contributed by atoms with Gasteiger partial charge in [0.15, 0.2) is 0 Å². The van der Waals surface area contributed by atoms with Crippen molar-refractivity contribution in [3.05, 3.63) is 71.8 Å². The number of hydrogen-bond donors (Lipinski definition) is 1. The van der Waals surface area contributed by atoms with E-state index in [9.17, 15) is 0 Å². The maximum atomic E-state index is 5.65. The lowest BCUT2D eigenvalue weighted by atomic mass is 9.93. The quantitative estimate of drug-likeness (QED) is 0.481. The number of fused-ring (bicyclic) bond motifs is 1. The molecule has 164 valence electrons. The van der Waals surface area contributed by atoms with Crippen LogP contribution in [0.3, 0.4) is 0 Å². The molecule has 7 heteroatoms. The van der Waals surface area contributed by atoms with Crippen molar-refractivity contribution in [2.75, 3.05) is 12.4 Å². The summed E-state index contributed by atoms with van der Waals surface area (Å²) in [5.74, 6) is 2.70. The molecule has 0 aliphatic carbocycles. The summed E-state index contributed by atoms with van der Waals surface area (Å²) >= 11 is 0. The molecule has 2 aromatic heterocycles. The van der Waals surface area contributed by atoms with E-state index in [-0.39, 0.29) is 5.92 Å². The van der Waals surface area contributed by atoms with E-state index in [2.05, 4.69) is 46.3 Å². The second kappa shape index (κ2) is 8.49. The van der Waals surface area contributed by atoms with Gasteiger partial charge >= 0.3 is 0 Å². The Morgan fingerprint density at radius 1 is 1.09 bits per heavy atom. The standard InChI is InChI=1S/C25H28N6O/c1-17-7-9-18(10-8-17)22-6-4-5-13-31-24(22)28-25(29-31)27-20-11-12-21(23(14-20)32-3)19-15-26-30(2)16-19/h7-12,14-16,22H,4-6,13H2,1-3H3,(H,27,29). The van der Waals surface area contributed by atoms with Crippen molar-refractivity contribution in [1.82, 2.24) is 24.5 Å². The number of hydrogen-bond acceptors (Lipinski definition) is 5. The number of anilines is 2. The van der Waals surface area contributed by atoms with Crippen molar-refractivity contribution in [2.24, 2.45) is 7.05 Å². The third kappa shape index (κ3) is 3.98. The van der Waals surface area contributed by atoms with Crippen LogP contribution in [0.1, 0.15) is 42.1 Å². The summed E-state index contributed by atoms with van der Waals surface area (Å²) in [4.78, 5) is 4.91. The van der Waals surface area contributed by atoms with Gasteiger partial charge in [-0.15, -0.1) is 5.10 Å². The number of aromatic nitrogens is 5. The van der Waals surface area contributed by atoms with E-state index in [0.29, 0.717) is 5.95 Å². The molecular weight excluding hydrogens is 400 g/mol. The molecule has 0 amide bonds. The molecule has 0 radical (unpaired) electrons. The average Bonchev–Trinajstić information content (AvgIpc) is 3.35. The van der Waals surface area contributed by atoms with Crippen LogP contribution in [0.5, 0.6) is 5.75 Å². The van der Waals surface area contributed by atoms with Crippen LogP contribution in [0.25, 0.3) is 11.1 Å². The van der Waals surface area contributed by atoms with Crippen molar-refractivity contribution in [2.45, 2.75) is 38.6 Å². The Morgan fingerprint density at radius 2 is 1.94 bits per heavy atom. The monoisotopic (exact) mass is 428 g/mol. The van der Waals surface area contributed by atoms with Gasteiger partial charge < -0.3 is 10.1 Å². The van der Waals surface area contributed by atoms with Gasteiger partial charge in [-0.1, -0.05) is 36.2 Å². The molecule has 1 unspecified atom stereocenters. The summed E-state index contributed by atoms with van der Waals surface area (Å²) in [7, 11) is 3.59. The van der Waals surface area contributed by atoms with Crippen LogP contribution in [0.2, 0.25) is 0 Å². The first-order valence-electron chi connectivity index (χ1n) is 11.1. The zero-order chi connectivity index (χ0) is 22.1. The first-order chi connectivity index (χ1) is 15.6. The number of ether oxygens (including phenoxy) is 1. The highest BCUT2D eigenvalue weighted by molar-refractivity contribution is 5.73. The molecular formula is C25H28N6O. The minimum absolute atomic E-state index is 0.267. The van der Waals surface area contributed by atoms with Crippen molar-refractivity contribution in [3.63, 3.8) is 0 Å². The minimum Gasteiger partial charge on any atom is -0.496 e. The van der Waals surface area contributed by atoms with Gasteiger partial charge in [0.1, 0.15) is 11.6 Å². The van der Waals surface area contributed by atoms with Crippen LogP contribution >= 0.6 is 0 Å². The van der Waals surface area contributed by atoms with Crippen LogP contribution in [-0.4, -0.2) is 31.7 Å². The lowest BCUT2D eigenvalue weighted by Gasteiger charge is -2.14. The Hall–Kier alpha value is -3.61. The predicted molar refractivity (Wildman–Crippen MR) is 125 cm³/mol. The number of nitrogens with zero attached hydrogens (tertiary/aromatic N) is 5. The molecule has 0 fully saturated rings. The lowest BCUT2D eigenvalue weighted by Crippen LogP contribution is -2.08. The molecule has 0 spiro atoms. The number of benzene rings is 2. The van der Waals surface area contributed by atoms with Crippen LogP contribution in [-0.2, 0) is 13.6 Å². The molecule has 0 saturated heterocycles. The maximum Gasteiger partial charge on any atom is 0.246 e. The fourth-order valence-electron chi connectivity index (χ4n) is 4.38. The van der Waals surface area contributed by atoms with E-state index >= 15 is 0 Å². The first-order valence-corrected chi connectivity index (χ1v) is 11.1. The van der Waals surface area contributed by atoms with Gasteiger partial charge in [0.05, 0.1) is 13.3 Å². The maximum absolute atomic E-state index is 5.65. The van der Waals surface area contributed by atoms with Crippen molar-refractivity contribution in [1.29, 1.82) is 0 Å². The van der Waals surface area contributed by atoms with E-state index in [1.54, 1.807) is 11.8 Å². The number of nitrogens with one attached hydrogen (secondary N) is 1. The predicted octanol–water partition coefficient (Wildman–Crippen LogP) is 5.06. The van der Waals surface area contributed by atoms with Gasteiger partial charge in [0, 0.05) is 48.6 Å². The molecule has 2 aromatic carbocycles. The van der Waals surface area contributed by atoms with Crippen molar-refractivity contribution < 1.29 is 4.74 Å². The molecule has 1 aliphatic rings. The van der Waals surface area contributed by atoms with Gasteiger partial charge in [-0.3, -0.25) is 4.68 Å². The highest BCUT2D eigenvalue weighted by atomic mass is 16.5.